The molecule has 0 atom stereocenters. The van der Waals surface area contributed by atoms with Gasteiger partial charge in [0, 0.05) is 29.7 Å². The second-order valence-corrected chi connectivity index (χ2v) is 6.57. The van der Waals surface area contributed by atoms with Crippen LogP contribution in [-0.2, 0) is 11.3 Å². The Morgan fingerprint density at radius 3 is 2.62 bits per heavy atom. The van der Waals surface area contributed by atoms with E-state index in [0.29, 0.717) is 23.0 Å². The topological polar surface area (TPSA) is 82.5 Å². The van der Waals surface area contributed by atoms with Gasteiger partial charge in [-0.1, -0.05) is 17.7 Å². The number of hydrogen-bond acceptors (Lipinski definition) is 5. The second-order valence-electron chi connectivity index (χ2n) is 6.13. The van der Waals surface area contributed by atoms with E-state index in [1.165, 1.54) is 17.0 Å². The van der Waals surface area contributed by atoms with Crippen molar-refractivity contribution in [2.24, 2.45) is 0 Å². The fourth-order valence-corrected chi connectivity index (χ4v) is 2.77. The first kappa shape index (κ1) is 20.4. The summed E-state index contributed by atoms with van der Waals surface area (Å²) in [5, 5.41) is 3.24. The molecule has 3 aromatic rings. The van der Waals surface area contributed by atoms with Crippen molar-refractivity contribution < 1.29 is 14.3 Å². The molecule has 3 rings (SSSR count). The number of nitrogens with one attached hydrogen (secondary N) is 1. The van der Waals surface area contributed by atoms with E-state index in [1.54, 1.807) is 31.4 Å². The van der Waals surface area contributed by atoms with Crippen molar-refractivity contribution in [3.8, 4) is 22.8 Å². The number of benzene rings is 2. The molecule has 0 aliphatic carbocycles. The Labute approximate surface area is 172 Å². The van der Waals surface area contributed by atoms with Crippen LogP contribution in [0.1, 0.15) is 0 Å². The summed E-state index contributed by atoms with van der Waals surface area (Å²) in [6.07, 6.45) is 1.47. The molecule has 0 saturated heterocycles. The highest BCUT2D eigenvalue weighted by Crippen LogP contribution is 2.19. The summed E-state index contributed by atoms with van der Waals surface area (Å²) in [6, 6.07) is 15.6. The zero-order valence-electron chi connectivity index (χ0n) is 15.8. The van der Waals surface area contributed by atoms with Gasteiger partial charge >= 0.3 is 0 Å². The van der Waals surface area contributed by atoms with E-state index in [0.717, 1.165) is 11.3 Å². The largest absolute Gasteiger partial charge is 0.497 e. The summed E-state index contributed by atoms with van der Waals surface area (Å²) in [5.41, 5.74) is 1.20. The standard InChI is InChI=1S/C21H20ClN3O4/c1-28-17-7-5-15(6-8-17)19-12-21(27)25(14-24-19)10-9-23-20(26)13-29-18-4-2-3-16(22)11-18/h2-8,11-12,14H,9-10,13H2,1H3,(H,23,26). The minimum absolute atomic E-state index is 0.135. The first-order valence-corrected chi connectivity index (χ1v) is 9.29. The van der Waals surface area contributed by atoms with Gasteiger partial charge in [0.2, 0.25) is 0 Å². The monoisotopic (exact) mass is 413 g/mol. The highest BCUT2D eigenvalue weighted by Gasteiger charge is 2.06. The van der Waals surface area contributed by atoms with Crippen molar-refractivity contribution in [2.75, 3.05) is 20.3 Å². The van der Waals surface area contributed by atoms with E-state index >= 15 is 0 Å². The minimum atomic E-state index is -0.291. The first-order valence-electron chi connectivity index (χ1n) is 8.91. The van der Waals surface area contributed by atoms with Gasteiger partial charge in [-0.2, -0.15) is 0 Å². The Hall–Kier alpha value is -3.32. The van der Waals surface area contributed by atoms with E-state index in [2.05, 4.69) is 10.3 Å². The Balaban J connectivity index is 1.50. The van der Waals surface area contributed by atoms with E-state index in [-0.39, 0.29) is 24.6 Å². The average molecular weight is 414 g/mol. The Morgan fingerprint density at radius 1 is 1.14 bits per heavy atom. The maximum atomic E-state index is 12.3. The average Bonchev–Trinajstić information content (AvgIpc) is 2.73. The molecule has 2 aromatic carbocycles. The summed E-state index contributed by atoms with van der Waals surface area (Å²) in [6.45, 7) is 0.447. The smallest absolute Gasteiger partial charge is 0.258 e. The lowest BCUT2D eigenvalue weighted by Crippen LogP contribution is -2.33. The van der Waals surface area contributed by atoms with Crippen molar-refractivity contribution in [3.05, 3.63) is 76.3 Å². The van der Waals surface area contributed by atoms with Gasteiger partial charge in [-0.05, 0) is 42.5 Å². The molecular weight excluding hydrogens is 394 g/mol. The third kappa shape index (κ3) is 5.83. The zero-order valence-corrected chi connectivity index (χ0v) is 16.6. The molecule has 1 N–H and O–H groups in total. The molecular formula is C21H20ClN3O4. The van der Waals surface area contributed by atoms with Gasteiger partial charge in [-0.3, -0.25) is 14.2 Å². The number of nitrogens with zero attached hydrogens (tertiary/aromatic N) is 2. The number of aromatic nitrogens is 2. The molecule has 0 fully saturated rings. The predicted octanol–water partition coefficient (Wildman–Crippen LogP) is 2.77. The number of hydrogen-bond donors (Lipinski definition) is 1. The van der Waals surface area contributed by atoms with Crippen LogP contribution >= 0.6 is 11.6 Å². The minimum Gasteiger partial charge on any atom is -0.497 e. The predicted molar refractivity (Wildman–Crippen MR) is 110 cm³/mol. The van der Waals surface area contributed by atoms with Crippen molar-refractivity contribution >= 4 is 17.5 Å². The summed E-state index contributed by atoms with van der Waals surface area (Å²) in [5.74, 6) is 0.959. The normalized spacial score (nSPS) is 10.4. The number of carbonyl (C=O) groups excluding carboxylic acids is 1. The number of rotatable bonds is 8. The molecule has 0 unspecified atom stereocenters. The van der Waals surface area contributed by atoms with E-state index in [9.17, 15) is 9.59 Å². The van der Waals surface area contributed by atoms with Crippen LogP contribution in [-0.4, -0.2) is 35.7 Å². The van der Waals surface area contributed by atoms with Gasteiger partial charge in [0.25, 0.3) is 11.5 Å². The van der Waals surface area contributed by atoms with Crippen LogP contribution in [0.4, 0.5) is 0 Å². The third-order valence-corrected chi connectivity index (χ3v) is 4.34. The first-order chi connectivity index (χ1) is 14.0. The van der Waals surface area contributed by atoms with Crippen LogP contribution in [0, 0.1) is 0 Å². The molecule has 0 saturated carbocycles. The lowest BCUT2D eigenvalue weighted by molar-refractivity contribution is -0.123. The van der Waals surface area contributed by atoms with E-state index in [4.69, 9.17) is 21.1 Å². The molecule has 0 bridgehead atoms. The summed E-state index contributed by atoms with van der Waals surface area (Å²) in [7, 11) is 1.59. The van der Waals surface area contributed by atoms with Crippen molar-refractivity contribution in [2.45, 2.75) is 6.54 Å². The molecule has 29 heavy (non-hydrogen) atoms. The Kier molecular flexibility index (Phi) is 6.86. The van der Waals surface area contributed by atoms with E-state index in [1.807, 2.05) is 24.3 Å². The van der Waals surface area contributed by atoms with Crippen molar-refractivity contribution in [3.63, 3.8) is 0 Å². The van der Waals surface area contributed by atoms with E-state index < -0.39 is 0 Å². The van der Waals surface area contributed by atoms with Crippen LogP contribution in [0.25, 0.3) is 11.3 Å². The maximum Gasteiger partial charge on any atom is 0.258 e. The quantitative estimate of drug-likeness (QED) is 0.614. The van der Waals surface area contributed by atoms with Crippen molar-refractivity contribution in [1.82, 2.24) is 14.9 Å². The second kappa shape index (κ2) is 9.75. The molecule has 150 valence electrons. The Bertz CT molecular complexity index is 1030. The van der Waals surface area contributed by atoms with Crippen LogP contribution in [0.2, 0.25) is 5.02 Å². The fraction of sp³-hybridized carbons (Fsp3) is 0.190. The number of ether oxygens (including phenoxy) is 2. The molecule has 1 aromatic heterocycles. The van der Waals surface area contributed by atoms with Crippen LogP contribution in [0.15, 0.2) is 65.7 Å². The molecule has 8 heteroatoms. The third-order valence-electron chi connectivity index (χ3n) is 4.11. The molecule has 0 aliphatic heterocycles. The summed E-state index contributed by atoms with van der Waals surface area (Å²) >= 11 is 5.87. The van der Waals surface area contributed by atoms with Crippen LogP contribution < -0.4 is 20.3 Å². The molecule has 1 amide bonds. The zero-order chi connectivity index (χ0) is 20.6. The SMILES string of the molecule is COc1ccc(-c2cc(=O)n(CCNC(=O)COc3cccc(Cl)c3)cn2)cc1. The summed E-state index contributed by atoms with van der Waals surface area (Å²) in [4.78, 5) is 28.5. The number of halogens is 1. The van der Waals surface area contributed by atoms with Crippen molar-refractivity contribution in [1.29, 1.82) is 0 Å². The van der Waals surface area contributed by atoms with Gasteiger partial charge in [0.15, 0.2) is 6.61 Å². The lowest BCUT2D eigenvalue weighted by atomic mass is 10.1. The van der Waals surface area contributed by atoms with Crippen LogP contribution in [0.5, 0.6) is 11.5 Å². The van der Waals surface area contributed by atoms with Gasteiger partial charge < -0.3 is 14.8 Å². The number of carbonyl (C=O) groups is 1. The highest BCUT2D eigenvalue weighted by atomic mass is 35.5. The lowest BCUT2D eigenvalue weighted by Gasteiger charge is -2.09. The highest BCUT2D eigenvalue weighted by molar-refractivity contribution is 6.30. The van der Waals surface area contributed by atoms with Gasteiger partial charge in [-0.15, -0.1) is 0 Å². The molecule has 0 spiro atoms. The fourth-order valence-electron chi connectivity index (χ4n) is 2.59. The number of methoxy groups -OCH3 is 1. The molecule has 7 nitrogen and oxygen atoms in total. The van der Waals surface area contributed by atoms with Gasteiger partial charge in [0.05, 0.1) is 19.1 Å². The van der Waals surface area contributed by atoms with Gasteiger partial charge in [-0.25, -0.2) is 4.98 Å². The maximum absolute atomic E-state index is 12.3. The van der Waals surface area contributed by atoms with Crippen LogP contribution in [0.3, 0.4) is 0 Å². The van der Waals surface area contributed by atoms with Gasteiger partial charge in [0.1, 0.15) is 11.5 Å². The Morgan fingerprint density at radius 2 is 1.93 bits per heavy atom. The molecule has 0 radical (unpaired) electrons. The summed E-state index contributed by atoms with van der Waals surface area (Å²) < 4.78 is 11.9. The number of amides is 1. The molecule has 1 heterocycles. The molecule has 0 aliphatic rings.